The molecule has 0 aromatic rings. The molecular weight excluding hydrogens is 780 g/mol. The lowest BCUT2D eigenvalue weighted by Crippen LogP contribution is -2.57. The lowest BCUT2D eigenvalue weighted by atomic mass is 10.0. The number of amides is 7. The van der Waals surface area contributed by atoms with Crippen molar-refractivity contribution in [1.82, 2.24) is 37.2 Å². The van der Waals surface area contributed by atoms with E-state index in [1.54, 1.807) is 13.8 Å². The molecule has 0 unspecified atom stereocenters. The monoisotopic (exact) mass is 844 g/mol. The van der Waals surface area contributed by atoms with Crippen LogP contribution in [-0.4, -0.2) is 137 Å². The largest absolute Gasteiger partial charge is 0.481 e. The Balaban J connectivity index is 5.69. The second kappa shape index (κ2) is 28.9. The minimum atomic E-state index is -1.46. The summed E-state index contributed by atoms with van der Waals surface area (Å²) in [6.07, 6.45) is 0.524. The van der Waals surface area contributed by atoms with Crippen molar-refractivity contribution in [3.63, 3.8) is 0 Å². The quantitative estimate of drug-likeness (QED) is 0.0301. The first-order chi connectivity index (χ1) is 27.6. The third-order valence-electron chi connectivity index (χ3n) is 8.71. The van der Waals surface area contributed by atoms with Gasteiger partial charge in [0.2, 0.25) is 41.4 Å². The van der Waals surface area contributed by atoms with E-state index >= 15 is 0 Å². The Kier molecular flexibility index (Phi) is 26.2. The van der Waals surface area contributed by atoms with Gasteiger partial charge in [0.05, 0.1) is 12.6 Å². The Labute approximate surface area is 342 Å². The van der Waals surface area contributed by atoms with Crippen LogP contribution < -0.4 is 54.4 Å². The fourth-order valence-electron chi connectivity index (χ4n) is 5.33. The number of nitrogens with two attached hydrogens (primary N) is 3. The molecule has 336 valence electrons. The van der Waals surface area contributed by atoms with Crippen LogP contribution in [-0.2, 0) is 47.9 Å². The maximum absolute atomic E-state index is 13.3. The molecule has 0 fully saturated rings. The van der Waals surface area contributed by atoms with Crippen molar-refractivity contribution in [3.05, 3.63) is 0 Å². The number of aliphatic carboxylic acids is 3. The highest BCUT2D eigenvalue weighted by Gasteiger charge is 2.31. The van der Waals surface area contributed by atoms with Gasteiger partial charge in [-0.1, -0.05) is 13.8 Å². The van der Waals surface area contributed by atoms with E-state index in [9.17, 15) is 53.1 Å². The predicted octanol–water partition coefficient (Wildman–Crippen LogP) is -3.50. The molecule has 0 aromatic carbocycles. The number of carboxylic acids is 3. The summed E-state index contributed by atoms with van der Waals surface area (Å²) in [6, 6.07) is -8.86. The van der Waals surface area contributed by atoms with E-state index in [0.29, 0.717) is 32.2 Å². The number of carboxylic acid groups (broad SMARTS) is 3. The van der Waals surface area contributed by atoms with Crippen LogP contribution in [0.4, 0.5) is 0 Å². The molecule has 0 aliphatic heterocycles. The molecule has 0 radical (unpaired) electrons. The van der Waals surface area contributed by atoms with Gasteiger partial charge in [-0.15, -0.1) is 0 Å². The zero-order chi connectivity index (χ0) is 45.2. The van der Waals surface area contributed by atoms with Crippen LogP contribution in [0.2, 0.25) is 0 Å². The third kappa shape index (κ3) is 23.5. The topological polar surface area (TPSA) is 394 Å². The molecule has 0 rings (SSSR count). The number of unbranched alkanes of at least 4 members (excludes halogenated alkanes) is 2. The van der Waals surface area contributed by atoms with Gasteiger partial charge in [0.15, 0.2) is 0 Å². The van der Waals surface area contributed by atoms with E-state index in [-0.39, 0.29) is 51.0 Å². The molecule has 23 heteroatoms. The smallest absolute Gasteiger partial charge is 0.326 e. The summed E-state index contributed by atoms with van der Waals surface area (Å²) >= 11 is 0. The maximum Gasteiger partial charge on any atom is 0.326 e. The van der Waals surface area contributed by atoms with Crippen molar-refractivity contribution in [2.75, 3.05) is 19.6 Å². The highest BCUT2D eigenvalue weighted by atomic mass is 16.4. The molecule has 0 saturated carbocycles. The summed E-state index contributed by atoms with van der Waals surface area (Å²) in [6.45, 7) is 6.01. The highest BCUT2D eigenvalue weighted by Crippen LogP contribution is 2.08. The molecule has 0 aliphatic rings. The predicted molar refractivity (Wildman–Crippen MR) is 211 cm³/mol. The molecule has 0 bridgehead atoms. The van der Waals surface area contributed by atoms with Gasteiger partial charge < -0.3 is 69.7 Å². The summed E-state index contributed by atoms with van der Waals surface area (Å²) in [5, 5.41) is 44.4. The van der Waals surface area contributed by atoms with Crippen LogP contribution in [0.5, 0.6) is 0 Å². The number of carbonyl (C=O) groups is 10. The SMILES string of the molecule is CC(C)C[C@H](NC(=O)[C@H](CCC(=O)O)NC(=O)[C@H](C)NC(=O)[C@H](CCCCN)NC(=O)CNC(=O)[C@H](CCCCN)NC(=O)[C@H](C)NC(=O)[C@@H](N)CCC(=O)O)C(=O)O. The number of hydrogen-bond donors (Lipinski definition) is 13. The summed E-state index contributed by atoms with van der Waals surface area (Å²) in [7, 11) is 0. The summed E-state index contributed by atoms with van der Waals surface area (Å²) in [4.78, 5) is 125. The molecule has 0 aliphatic carbocycles. The van der Waals surface area contributed by atoms with Gasteiger partial charge in [0.25, 0.3) is 0 Å². The van der Waals surface area contributed by atoms with E-state index in [1.165, 1.54) is 13.8 Å². The first-order valence-corrected chi connectivity index (χ1v) is 19.5. The second-order valence-corrected chi connectivity index (χ2v) is 14.5. The van der Waals surface area contributed by atoms with Crippen LogP contribution in [0.25, 0.3) is 0 Å². The molecule has 7 atom stereocenters. The van der Waals surface area contributed by atoms with Crippen molar-refractivity contribution in [2.24, 2.45) is 23.1 Å². The van der Waals surface area contributed by atoms with Crippen LogP contribution >= 0.6 is 0 Å². The summed E-state index contributed by atoms with van der Waals surface area (Å²) < 4.78 is 0. The van der Waals surface area contributed by atoms with Crippen molar-refractivity contribution >= 4 is 59.3 Å². The molecule has 0 aromatic heterocycles. The highest BCUT2D eigenvalue weighted by molar-refractivity contribution is 5.96. The van der Waals surface area contributed by atoms with E-state index in [2.05, 4.69) is 37.2 Å². The molecule has 0 spiro atoms. The Morgan fingerprint density at radius 3 is 1.37 bits per heavy atom. The fraction of sp³-hybridized carbons (Fsp3) is 0.722. The average Bonchev–Trinajstić information content (AvgIpc) is 3.15. The fourth-order valence-corrected chi connectivity index (χ4v) is 5.33. The lowest BCUT2D eigenvalue weighted by Gasteiger charge is -2.25. The summed E-state index contributed by atoms with van der Waals surface area (Å²) in [5.41, 5.74) is 16.9. The van der Waals surface area contributed by atoms with Gasteiger partial charge in [-0.2, -0.15) is 0 Å². The molecular formula is C36H64N10O13. The molecule has 0 saturated heterocycles. The van der Waals surface area contributed by atoms with Crippen molar-refractivity contribution < 1.29 is 63.3 Å². The second-order valence-electron chi connectivity index (χ2n) is 14.5. The van der Waals surface area contributed by atoms with E-state index < -0.39 is 115 Å². The number of nitrogens with one attached hydrogen (secondary N) is 7. The number of hydrogen-bond acceptors (Lipinski definition) is 13. The normalized spacial score (nSPS) is 14.5. The van der Waals surface area contributed by atoms with Gasteiger partial charge in [-0.3, -0.25) is 43.2 Å². The van der Waals surface area contributed by atoms with Crippen molar-refractivity contribution in [3.8, 4) is 0 Å². The minimum absolute atomic E-state index is 0.0640. The Hall–Kier alpha value is -5.42. The van der Waals surface area contributed by atoms with Gasteiger partial charge in [0, 0.05) is 12.8 Å². The first-order valence-electron chi connectivity index (χ1n) is 19.5. The molecule has 0 heterocycles. The first kappa shape index (κ1) is 53.6. The van der Waals surface area contributed by atoms with Crippen LogP contribution in [0.15, 0.2) is 0 Å². The van der Waals surface area contributed by atoms with Gasteiger partial charge in [0.1, 0.15) is 36.3 Å². The van der Waals surface area contributed by atoms with Crippen LogP contribution in [0.3, 0.4) is 0 Å². The molecule has 16 N–H and O–H groups in total. The third-order valence-corrected chi connectivity index (χ3v) is 8.71. The van der Waals surface area contributed by atoms with Crippen LogP contribution in [0, 0.1) is 5.92 Å². The Morgan fingerprint density at radius 2 is 0.915 bits per heavy atom. The van der Waals surface area contributed by atoms with Crippen molar-refractivity contribution in [2.45, 2.75) is 141 Å². The minimum Gasteiger partial charge on any atom is -0.481 e. The number of rotatable bonds is 31. The standard InChI is InChI=1S/C36H64N10O13/c1-19(2)17-26(36(58)59)46-35(57)25(12-14-29(50)51)45-31(53)21(4)42-34(56)24(10-6-8-16-38)43-27(47)18-40-33(55)23(9-5-7-15-37)44-30(52)20(3)41-32(54)22(39)11-13-28(48)49/h19-26H,5-18,37-39H2,1-4H3,(H,40,55)(H,41,54)(H,42,56)(H,43,47)(H,44,52)(H,45,53)(H,46,57)(H,48,49)(H,50,51)(H,58,59)/t20-,21-,22-,23-,24-,25-,26-/m0/s1. The zero-order valence-electron chi connectivity index (χ0n) is 34.2. The van der Waals surface area contributed by atoms with Gasteiger partial charge in [-0.05, 0) is 90.6 Å². The van der Waals surface area contributed by atoms with Crippen LogP contribution in [0.1, 0.15) is 98.3 Å². The molecule has 23 nitrogen and oxygen atoms in total. The van der Waals surface area contributed by atoms with Gasteiger partial charge >= 0.3 is 17.9 Å². The lowest BCUT2D eigenvalue weighted by molar-refractivity contribution is -0.143. The van der Waals surface area contributed by atoms with E-state index in [4.69, 9.17) is 27.4 Å². The zero-order valence-corrected chi connectivity index (χ0v) is 34.2. The van der Waals surface area contributed by atoms with Gasteiger partial charge in [-0.25, -0.2) is 4.79 Å². The molecule has 59 heavy (non-hydrogen) atoms. The molecule has 7 amide bonds. The Morgan fingerprint density at radius 1 is 0.492 bits per heavy atom. The van der Waals surface area contributed by atoms with E-state index in [0.717, 1.165) is 0 Å². The maximum atomic E-state index is 13.3. The van der Waals surface area contributed by atoms with Crippen molar-refractivity contribution in [1.29, 1.82) is 0 Å². The van der Waals surface area contributed by atoms with E-state index in [1.807, 2.05) is 0 Å². The Bertz CT molecular complexity index is 1450. The average molecular weight is 845 g/mol. The summed E-state index contributed by atoms with van der Waals surface area (Å²) in [5.74, 6) is -9.64. The number of carbonyl (C=O) groups excluding carboxylic acids is 7.